The van der Waals surface area contributed by atoms with E-state index in [1.165, 1.54) is 23.2 Å². The summed E-state index contributed by atoms with van der Waals surface area (Å²) >= 11 is 3.56. The van der Waals surface area contributed by atoms with E-state index in [-0.39, 0.29) is 0 Å². The summed E-state index contributed by atoms with van der Waals surface area (Å²) in [6.45, 7) is 1.61. The van der Waals surface area contributed by atoms with E-state index >= 15 is 0 Å². The lowest BCUT2D eigenvalue weighted by Crippen LogP contribution is -2.25. The summed E-state index contributed by atoms with van der Waals surface area (Å²) in [5, 5.41) is 8.41. The van der Waals surface area contributed by atoms with Crippen LogP contribution in [0.3, 0.4) is 0 Å². The zero-order valence-corrected chi connectivity index (χ0v) is 17.1. The van der Waals surface area contributed by atoms with Crippen molar-refractivity contribution in [3.8, 4) is 5.75 Å². The average Bonchev–Trinajstić information content (AvgIpc) is 3.11. The molecule has 5 heteroatoms. The molecule has 0 radical (unpaired) electrons. The minimum absolute atomic E-state index is 0.335. The van der Waals surface area contributed by atoms with Crippen molar-refractivity contribution in [3.05, 3.63) is 81.6 Å². The number of rotatable bonds is 6. The number of hydrogen-bond donors (Lipinski definition) is 1. The summed E-state index contributed by atoms with van der Waals surface area (Å²) in [4.78, 5) is 0. The third-order valence-corrected chi connectivity index (χ3v) is 5.71. The Kier molecular flexibility index (Phi) is 5.60. The normalized spacial score (nSPS) is 16.1. The first-order valence-electron chi connectivity index (χ1n) is 9.39. The number of ether oxygens (including phenoxy) is 1. The Balaban J connectivity index is 1.50. The molecule has 27 heavy (non-hydrogen) atoms. The van der Waals surface area contributed by atoms with Gasteiger partial charge >= 0.3 is 0 Å². The molecule has 0 bridgehead atoms. The van der Waals surface area contributed by atoms with Crippen molar-refractivity contribution in [2.75, 3.05) is 7.11 Å². The summed E-state index contributed by atoms with van der Waals surface area (Å²) in [6, 6.07) is 17.0. The molecule has 2 aromatic carbocycles. The molecule has 1 aromatic heterocycles. The Bertz CT molecular complexity index is 907. The minimum Gasteiger partial charge on any atom is -0.496 e. The quantitative estimate of drug-likeness (QED) is 0.611. The van der Waals surface area contributed by atoms with E-state index in [1.54, 1.807) is 7.11 Å². The Morgan fingerprint density at radius 3 is 2.89 bits per heavy atom. The van der Waals surface area contributed by atoms with Gasteiger partial charge in [-0.2, -0.15) is 5.10 Å². The van der Waals surface area contributed by atoms with Gasteiger partial charge < -0.3 is 10.1 Å². The summed E-state index contributed by atoms with van der Waals surface area (Å²) in [5.41, 5.74) is 5.16. The molecule has 0 aliphatic heterocycles. The van der Waals surface area contributed by atoms with E-state index in [2.05, 4.69) is 62.3 Å². The molecule has 0 fully saturated rings. The van der Waals surface area contributed by atoms with E-state index in [0.717, 1.165) is 41.7 Å². The number of nitrogens with one attached hydrogen (secondary N) is 1. The van der Waals surface area contributed by atoms with Crippen LogP contribution < -0.4 is 10.1 Å². The van der Waals surface area contributed by atoms with Gasteiger partial charge in [-0.15, -0.1) is 0 Å². The van der Waals surface area contributed by atoms with Crippen molar-refractivity contribution in [3.63, 3.8) is 0 Å². The first-order chi connectivity index (χ1) is 13.2. The second-order valence-corrected chi connectivity index (χ2v) is 7.89. The molecular formula is C22H24BrN3O. The Morgan fingerprint density at radius 2 is 2.07 bits per heavy atom. The smallest absolute Gasteiger partial charge is 0.123 e. The number of methoxy groups -OCH3 is 1. The van der Waals surface area contributed by atoms with Gasteiger partial charge in [-0.1, -0.05) is 46.3 Å². The van der Waals surface area contributed by atoms with Gasteiger partial charge in [0.1, 0.15) is 5.75 Å². The molecule has 0 unspecified atom stereocenters. The van der Waals surface area contributed by atoms with Crippen molar-refractivity contribution in [1.82, 2.24) is 15.1 Å². The molecule has 0 spiro atoms. The molecule has 1 aliphatic rings. The molecule has 1 atom stereocenters. The first kappa shape index (κ1) is 18.3. The van der Waals surface area contributed by atoms with Gasteiger partial charge in [-0.25, -0.2) is 0 Å². The maximum absolute atomic E-state index is 5.50. The summed E-state index contributed by atoms with van der Waals surface area (Å²) < 4.78 is 8.74. The number of fused-ring (bicyclic) bond motifs is 1. The maximum atomic E-state index is 5.50. The van der Waals surface area contributed by atoms with Crippen LogP contribution in [0.25, 0.3) is 0 Å². The SMILES string of the molecule is COc1ccc(Br)cc1CN[C@H]1CCCc2c1cnn2Cc1ccccc1. The highest BCUT2D eigenvalue weighted by Gasteiger charge is 2.24. The van der Waals surface area contributed by atoms with Gasteiger partial charge in [0.25, 0.3) is 0 Å². The highest BCUT2D eigenvalue weighted by molar-refractivity contribution is 9.10. The van der Waals surface area contributed by atoms with Crippen LogP contribution in [0.4, 0.5) is 0 Å². The van der Waals surface area contributed by atoms with Gasteiger partial charge in [-0.05, 0) is 43.0 Å². The van der Waals surface area contributed by atoms with E-state index in [0.29, 0.717) is 6.04 Å². The predicted molar refractivity (Wildman–Crippen MR) is 111 cm³/mol. The number of hydrogen-bond acceptors (Lipinski definition) is 3. The third-order valence-electron chi connectivity index (χ3n) is 5.22. The van der Waals surface area contributed by atoms with Crippen LogP contribution in [0, 0.1) is 0 Å². The lowest BCUT2D eigenvalue weighted by molar-refractivity contribution is 0.400. The van der Waals surface area contributed by atoms with Crippen LogP contribution in [0.5, 0.6) is 5.75 Å². The molecule has 4 rings (SSSR count). The van der Waals surface area contributed by atoms with Crippen LogP contribution in [0.2, 0.25) is 0 Å². The number of aromatic nitrogens is 2. The molecule has 0 saturated carbocycles. The average molecular weight is 426 g/mol. The Labute approximate surface area is 168 Å². The fraction of sp³-hybridized carbons (Fsp3) is 0.318. The highest BCUT2D eigenvalue weighted by Crippen LogP contribution is 2.31. The zero-order chi connectivity index (χ0) is 18.6. The first-order valence-corrected chi connectivity index (χ1v) is 10.2. The van der Waals surface area contributed by atoms with Crippen molar-refractivity contribution in [2.24, 2.45) is 0 Å². The fourth-order valence-electron chi connectivity index (χ4n) is 3.84. The predicted octanol–water partition coefficient (Wildman–Crippen LogP) is 4.87. The summed E-state index contributed by atoms with van der Waals surface area (Å²) in [7, 11) is 1.72. The van der Waals surface area contributed by atoms with Gasteiger partial charge in [0.2, 0.25) is 0 Å². The zero-order valence-electron chi connectivity index (χ0n) is 15.5. The highest BCUT2D eigenvalue weighted by atomic mass is 79.9. The molecule has 1 aliphatic carbocycles. The minimum atomic E-state index is 0.335. The summed E-state index contributed by atoms with van der Waals surface area (Å²) in [6.07, 6.45) is 5.47. The molecule has 3 aromatic rings. The van der Waals surface area contributed by atoms with Crippen molar-refractivity contribution in [1.29, 1.82) is 0 Å². The van der Waals surface area contributed by atoms with Crippen molar-refractivity contribution in [2.45, 2.75) is 38.4 Å². The molecular weight excluding hydrogens is 402 g/mol. The van der Waals surface area contributed by atoms with E-state index < -0.39 is 0 Å². The Morgan fingerprint density at radius 1 is 1.22 bits per heavy atom. The summed E-state index contributed by atoms with van der Waals surface area (Å²) in [5.74, 6) is 0.918. The second kappa shape index (κ2) is 8.28. The largest absolute Gasteiger partial charge is 0.496 e. The van der Waals surface area contributed by atoms with Gasteiger partial charge in [0.05, 0.1) is 19.9 Å². The molecule has 4 nitrogen and oxygen atoms in total. The van der Waals surface area contributed by atoms with Crippen molar-refractivity contribution < 1.29 is 4.74 Å². The van der Waals surface area contributed by atoms with E-state index in [9.17, 15) is 0 Å². The molecule has 140 valence electrons. The van der Waals surface area contributed by atoms with Crippen molar-refractivity contribution >= 4 is 15.9 Å². The van der Waals surface area contributed by atoms with Crippen LogP contribution in [0.15, 0.2) is 59.2 Å². The van der Waals surface area contributed by atoms with Crippen LogP contribution in [-0.2, 0) is 19.5 Å². The third kappa shape index (κ3) is 4.09. The fourth-order valence-corrected chi connectivity index (χ4v) is 4.25. The van der Waals surface area contributed by atoms with Crippen LogP contribution >= 0.6 is 15.9 Å². The lowest BCUT2D eigenvalue weighted by atomic mass is 9.92. The number of nitrogens with zero attached hydrogens (tertiary/aromatic N) is 2. The molecule has 0 amide bonds. The van der Waals surface area contributed by atoms with Gasteiger partial charge in [0.15, 0.2) is 0 Å². The second-order valence-electron chi connectivity index (χ2n) is 6.97. The lowest BCUT2D eigenvalue weighted by Gasteiger charge is -2.25. The van der Waals surface area contributed by atoms with Crippen LogP contribution in [0.1, 0.15) is 41.3 Å². The molecule has 1 heterocycles. The number of halogens is 1. The molecule has 1 N–H and O–H groups in total. The van der Waals surface area contributed by atoms with E-state index in [4.69, 9.17) is 9.84 Å². The standard InChI is InChI=1S/C22H24BrN3O/c1-27-22-11-10-18(23)12-17(22)13-24-20-8-5-9-21-19(20)14-25-26(21)15-16-6-3-2-4-7-16/h2-4,6-7,10-12,14,20,24H,5,8-9,13,15H2,1H3/t20-/m0/s1. The topological polar surface area (TPSA) is 39.1 Å². The van der Waals surface area contributed by atoms with E-state index in [1.807, 2.05) is 18.3 Å². The maximum Gasteiger partial charge on any atom is 0.123 e. The molecule has 0 saturated heterocycles. The monoisotopic (exact) mass is 425 g/mol. The van der Waals surface area contributed by atoms with Gasteiger partial charge in [0, 0.05) is 33.9 Å². The van der Waals surface area contributed by atoms with Crippen LogP contribution in [-0.4, -0.2) is 16.9 Å². The Hall–Kier alpha value is -2.11. The van der Waals surface area contributed by atoms with Gasteiger partial charge in [-0.3, -0.25) is 4.68 Å². The number of benzene rings is 2.